The second kappa shape index (κ2) is 4.51. The van der Waals surface area contributed by atoms with Gasteiger partial charge in [0.05, 0.1) is 12.1 Å². The summed E-state index contributed by atoms with van der Waals surface area (Å²) >= 11 is 0. The van der Waals surface area contributed by atoms with Gasteiger partial charge in [-0.2, -0.15) is 0 Å². The Morgan fingerprint density at radius 2 is 2.28 bits per heavy atom. The van der Waals surface area contributed by atoms with Gasteiger partial charge in [0.15, 0.2) is 0 Å². The third-order valence-corrected chi connectivity index (χ3v) is 3.15. The maximum absolute atomic E-state index is 10.1. The van der Waals surface area contributed by atoms with E-state index in [-0.39, 0.29) is 0 Å². The van der Waals surface area contributed by atoms with Gasteiger partial charge >= 0.3 is 0 Å². The molecular weight excluding hydrogens is 230 g/mol. The van der Waals surface area contributed by atoms with Crippen LogP contribution in [0.15, 0.2) is 30.5 Å². The number of anilines is 1. The average Bonchev–Trinajstić information content (AvgIpc) is 2.84. The standard InChI is InChI=1S/C13H15N3O2/c17-13(5-6-18-9-13)8-15-12-14-7-10-3-1-2-4-11(10)16-12/h1-4,7,17H,5-6,8-9H2,(H,14,15,16). The maximum Gasteiger partial charge on any atom is 0.223 e. The monoisotopic (exact) mass is 245 g/mol. The third-order valence-electron chi connectivity index (χ3n) is 3.15. The lowest BCUT2D eigenvalue weighted by Crippen LogP contribution is -2.37. The van der Waals surface area contributed by atoms with Crippen molar-refractivity contribution in [3.05, 3.63) is 30.5 Å². The van der Waals surface area contributed by atoms with Crippen molar-refractivity contribution in [2.24, 2.45) is 0 Å². The summed E-state index contributed by atoms with van der Waals surface area (Å²) in [6.45, 7) is 1.38. The Kier molecular flexibility index (Phi) is 2.85. The zero-order valence-electron chi connectivity index (χ0n) is 9.97. The topological polar surface area (TPSA) is 67.3 Å². The van der Waals surface area contributed by atoms with Gasteiger partial charge in [0, 0.05) is 31.2 Å². The Labute approximate surface area is 105 Å². The summed E-state index contributed by atoms with van der Waals surface area (Å²) < 4.78 is 5.19. The first kappa shape index (κ1) is 11.4. The predicted octanol–water partition coefficient (Wildman–Crippen LogP) is 1.19. The summed E-state index contributed by atoms with van der Waals surface area (Å²) in [5.41, 5.74) is 0.0966. The van der Waals surface area contributed by atoms with E-state index in [4.69, 9.17) is 4.74 Å². The zero-order chi connectivity index (χ0) is 12.4. The Morgan fingerprint density at radius 1 is 1.39 bits per heavy atom. The number of hydrogen-bond donors (Lipinski definition) is 2. The van der Waals surface area contributed by atoms with Gasteiger partial charge in [-0.1, -0.05) is 18.2 Å². The van der Waals surface area contributed by atoms with Crippen LogP contribution in [0, 0.1) is 0 Å². The smallest absolute Gasteiger partial charge is 0.223 e. The van der Waals surface area contributed by atoms with Crippen molar-refractivity contribution in [3.8, 4) is 0 Å². The number of hydrogen-bond acceptors (Lipinski definition) is 5. The van der Waals surface area contributed by atoms with E-state index in [1.54, 1.807) is 6.20 Å². The molecule has 0 aliphatic carbocycles. The molecule has 1 saturated heterocycles. The number of nitrogens with one attached hydrogen (secondary N) is 1. The number of ether oxygens (including phenoxy) is 1. The molecule has 2 heterocycles. The molecule has 1 fully saturated rings. The van der Waals surface area contributed by atoms with E-state index in [0.717, 1.165) is 10.9 Å². The van der Waals surface area contributed by atoms with Gasteiger partial charge in [0.2, 0.25) is 5.95 Å². The van der Waals surface area contributed by atoms with E-state index in [0.29, 0.717) is 32.1 Å². The predicted molar refractivity (Wildman–Crippen MR) is 68.4 cm³/mol. The van der Waals surface area contributed by atoms with Gasteiger partial charge < -0.3 is 15.2 Å². The Hall–Kier alpha value is -1.72. The van der Waals surface area contributed by atoms with Gasteiger partial charge in [-0.3, -0.25) is 0 Å². The maximum atomic E-state index is 10.1. The average molecular weight is 245 g/mol. The highest BCUT2D eigenvalue weighted by Gasteiger charge is 2.32. The molecule has 2 aromatic rings. The van der Waals surface area contributed by atoms with Crippen molar-refractivity contribution < 1.29 is 9.84 Å². The molecule has 5 heteroatoms. The molecule has 1 atom stereocenters. The first-order valence-electron chi connectivity index (χ1n) is 6.01. The summed E-state index contributed by atoms with van der Waals surface area (Å²) in [6, 6.07) is 7.81. The summed E-state index contributed by atoms with van der Waals surface area (Å²) in [5.74, 6) is 0.536. The number of benzene rings is 1. The number of nitrogens with zero attached hydrogens (tertiary/aromatic N) is 2. The fourth-order valence-corrected chi connectivity index (χ4v) is 2.04. The molecule has 2 N–H and O–H groups in total. The Bertz CT molecular complexity index is 553. The van der Waals surface area contributed by atoms with Gasteiger partial charge in [-0.05, 0) is 6.07 Å². The molecule has 1 aliphatic rings. The van der Waals surface area contributed by atoms with Crippen molar-refractivity contribution in [1.82, 2.24) is 9.97 Å². The first-order chi connectivity index (χ1) is 8.75. The van der Waals surface area contributed by atoms with E-state index in [2.05, 4.69) is 15.3 Å². The van der Waals surface area contributed by atoms with Crippen molar-refractivity contribution in [2.45, 2.75) is 12.0 Å². The molecule has 1 aromatic heterocycles. The van der Waals surface area contributed by atoms with Crippen molar-refractivity contribution in [3.63, 3.8) is 0 Å². The van der Waals surface area contributed by atoms with Crippen LogP contribution in [-0.2, 0) is 4.74 Å². The van der Waals surface area contributed by atoms with Gasteiger partial charge in [-0.15, -0.1) is 0 Å². The minimum absolute atomic E-state index is 0.369. The van der Waals surface area contributed by atoms with Crippen molar-refractivity contribution in [2.75, 3.05) is 25.1 Å². The lowest BCUT2D eigenvalue weighted by molar-refractivity contribution is 0.0380. The second-order valence-corrected chi connectivity index (χ2v) is 4.63. The fraction of sp³-hybridized carbons (Fsp3) is 0.385. The summed E-state index contributed by atoms with van der Waals surface area (Å²) in [6.07, 6.45) is 2.42. The van der Waals surface area contributed by atoms with Crippen LogP contribution in [0.3, 0.4) is 0 Å². The van der Waals surface area contributed by atoms with Crippen molar-refractivity contribution in [1.29, 1.82) is 0 Å². The van der Waals surface area contributed by atoms with Crippen LogP contribution >= 0.6 is 0 Å². The summed E-state index contributed by atoms with van der Waals surface area (Å²) in [5, 5.41) is 14.2. The van der Waals surface area contributed by atoms with E-state index in [1.807, 2.05) is 24.3 Å². The lowest BCUT2D eigenvalue weighted by Gasteiger charge is -2.20. The molecule has 0 spiro atoms. The molecule has 5 nitrogen and oxygen atoms in total. The number of aliphatic hydroxyl groups is 1. The summed E-state index contributed by atoms with van der Waals surface area (Å²) in [4.78, 5) is 8.62. The SMILES string of the molecule is OC1(CNc2ncc3ccccc3n2)CCOC1. The molecule has 1 unspecified atom stereocenters. The highest BCUT2D eigenvalue weighted by atomic mass is 16.5. The largest absolute Gasteiger partial charge is 0.386 e. The molecule has 0 saturated carbocycles. The molecule has 3 rings (SSSR count). The highest BCUT2D eigenvalue weighted by Crippen LogP contribution is 2.19. The highest BCUT2D eigenvalue weighted by molar-refractivity contribution is 5.78. The number of para-hydroxylation sites is 1. The van der Waals surface area contributed by atoms with Crippen LogP contribution in [0.4, 0.5) is 5.95 Å². The molecule has 18 heavy (non-hydrogen) atoms. The molecule has 0 radical (unpaired) electrons. The van der Waals surface area contributed by atoms with Crippen LogP contribution in [0.1, 0.15) is 6.42 Å². The van der Waals surface area contributed by atoms with Crippen LogP contribution in [0.5, 0.6) is 0 Å². The zero-order valence-corrected chi connectivity index (χ0v) is 9.97. The minimum atomic E-state index is -0.797. The van der Waals surface area contributed by atoms with E-state index in [1.165, 1.54) is 0 Å². The molecule has 0 bridgehead atoms. The number of fused-ring (bicyclic) bond motifs is 1. The number of rotatable bonds is 3. The number of aromatic nitrogens is 2. The van der Waals surface area contributed by atoms with Gasteiger partial charge in [0.1, 0.15) is 5.60 Å². The molecule has 1 aliphatic heterocycles. The van der Waals surface area contributed by atoms with Crippen LogP contribution in [-0.4, -0.2) is 40.4 Å². The van der Waals surface area contributed by atoms with Crippen LogP contribution in [0.2, 0.25) is 0 Å². The van der Waals surface area contributed by atoms with E-state index in [9.17, 15) is 5.11 Å². The normalized spacial score (nSPS) is 23.4. The van der Waals surface area contributed by atoms with Crippen LogP contribution in [0.25, 0.3) is 10.9 Å². The minimum Gasteiger partial charge on any atom is -0.386 e. The van der Waals surface area contributed by atoms with Gasteiger partial charge in [-0.25, -0.2) is 9.97 Å². The lowest BCUT2D eigenvalue weighted by atomic mass is 10.0. The third kappa shape index (κ3) is 2.27. The van der Waals surface area contributed by atoms with E-state index < -0.39 is 5.60 Å². The molecule has 1 aromatic carbocycles. The Balaban J connectivity index is 1.74. The summed E-state index contributed by atoms with van der Waals surface area (Å²) in [7, 11) is 0. The Morgan fingerprint density at radius 3 is 3.11 bits per heavy atom. The molecule has 94 valence electrons. The van der Waals surface area contributed by atoms with Gasteiger partial charge in [0.25, 0.3) is 0 Å². The van der Waals surface area contributed by atoms with Crippen molar-refractivity contribution >= 4 is 16.9 Å². The molecule has 0 amide bonds. The fourth-order valence-electron chi connectivity index (χ4n) is 2.04. The van der Waals surface area contributed by atoms with Crippen LogP contribution < -0.4 is 5.32 Å². The quantitative estimate of drug-likeness (QED) is 0.850. The second-order valence-electron chi connectivity index (χ2n) is 4.63. The first-order valence-corrected chi connectivity index (χ1v) is 6.01. The molecular formula is C13H15N3O2. The van der Waals surface area contributed by atoms with E-state index >= 15 is 0 Å².